The summed E-state index contributed by atoms with van der Waals surface area (Å²) in [5, 5.41) is 18.4. The summed E-state index contributed by atoms with van der Waals surface area (Å²) in [7, 11) is 0. The van der Waals surface area contributed by atoms with Crippen LogP contribution < -0.4 is 5.32 Å². The van der Waals surface area contributed by atoms with Gasteiger partial charge in [-0.25, -0.2) is 4.68 Å². The van der Waals surface area contributed by atoms with E-state index in [0.717, 1.165) is 11.3 Å². The second kappa shape index (κ2) is 6.09. The van der Waals surface area contributed by atoms with Gasteiger partial charge in [-0.1, -0.05) is 30.3 Å². The SMILES string of the molecule is O=[N+]([O-])c1ccccc1NCc1cnn(-c2ccccc2)c1. The van der Waals surface area contributed by atoms with Crippen LogP contribution >= 0.6 is 0 Å². The Balaban J connectivity index is 1.73. The highest BCUT2D eigenvalue weighted by atomic mass is 16.6. The first-order valence-corrected chi connectivity index (χ1v) is 6.80. The van der Waals surface area contributed by atoms with Gasteiger partial charge in [-0.3, -0.25) is 10.1 Å². The van der Waals surface area contributed by atoms with Crippen LogP contribution in [-0.2, 0) is 6.54 Å². The van der Waals surface area contributed by atoms with Crippen LogP contribution in [0.4, 0.5) is 11.4 Å². The van der Waals surface area contributed by atoms with E-state index in [1.54, 1.807) is 29.1 Å². The van der Waals surface area contributed by atoms with Crippen molar-refractivity contribution in [2.24, 2.45) is 0 Å². The number of rotatable bonds is 5. The number of hydrogen-bond acceptors (Lipinski definition) is 4. The number of aromatic nitrogens is 2. The molecule has 6 nitrogen and oxygen atoms in total. The number of benzene rings is 2. The predicted molar refractivity (Wildman–Crippen MR) is 84.0 cm³/mol. The number of nitrogens with one attached hydrogen (secondary N) is 1. The lowest BCUT2D eigenvalue weighted by molar-refractivity contribution is -0.384. The van der Waals surface area contributed by atoms with Crippen LogP contribution in [0.5, 0.6) is 0 Å². The van der Waals surface area contributed by atoms with Gasteiger partial charge in [0.15, 0.2) is 0 Å². The molecule has 3 aromatic rings. The molecular formula is C16H14N4O2. The van der Waals surface area contributed by atoms with Crippen molar-refractivity contribution in [3.63, 3.8) is 0 Å². The molecule has 0 atom stereocenters. The second-order valence-electron chi connectivity index (χ2n) is 4.76. The highest BCUT2D eigenvalue weighted by molar-refractivity contribution is 5.61. The van der Waals surface area contributed by atoms with Crippen LogP contribution in [0.1, 0.15) is 5.56 Å². The Morgan fingerprint density at radius 3 is 2.59 bits per heavy atom. The quantitative estimate of drug-likeness (QED) is 0.578. The fraction of sp³-hybridized carbons (Fsp3) is 0.0625. The van der Waals surface area contributed by atoms with E-state index in [1.165, 1.54) is 6.07 Å². The molecule has 0 aliphatic rings. The van der Waals surface area contributed by atoms with Crippen molar-refractivity contribution in [2.45, 2.75) is 6.54 Å². The Morgan fingerprint density at radius 1 is 1.09 bits per heavy atom. The lowest BCUT2D eigenvalue weighted by Crippen LogP contribution is -2.01. The van der Waals surface area contributed by atoms with E-state index in [1.807, 2.05) is 36.5 Å². The fourth-order valence-electron chi connectivity index (χ4n) is 2.15. The van der Waals surface area contributed by atoms with Crippen LogP contribution in [0, 0.1) is 10.1 Å². The fourth-order valence-corrected chi connectivity index (χ4v) is 2.15. The van der Waals surface area contributed by atoms with Gasteiger partial charge in [-0.15, -0.1) is 0 Å². The lowest BCUT2D eigenvalue weighted by Gasteiger charge is -2.05. The molecule has 0 saturated carbocycles. The summed E-state index contributed by atoms with van der Waals surface area (Å²) in [6.45, 7) is 0.470. The first-order valence-electron chi connectivity index (χ1n) is 6.80. The van der Waals surface area contributed by atoms with E-state index in [2.05, 4.69) is 10.4 Å². The topological polar surface area (TPSA) is 73.0 Å². The molecule has 2 aromatic carbocycles. The van der Waals surface area contributed by atoms with Gasteiger partial charge < -0.3 is 5.32 Å². The number of para-hydroxylation sites is 3. The molecule has 0 bridgehead atoms. The Hall–Kier alpha value is -3.15. The molecule has 0 unspecified atom stereocenters. The Morgan fingerprint density at radius 2 is 1.82 bits per heavy atom. The molecule has 0 saturated heterocycles. The van der Waals surface area contributed by atoms with Crippen molar-refractivity contribution >= 4 is 11.4 Å². The molecule has 110 valence electrons. The molecule has 0 radical (unpaired) electrons. The smallest absolute Gasteiger partial charge is 0.292 e. The minimum atomic E-state index is -0.393. The molecular weight excluding hydrogens is 280 g/mol. The maximum Gasteiger partial charge on any atom is 0.292 e. The monoisotopic (exact) mass is 294 g/mol. The molecule has 6 heteroatoms. The third kappa shape index (κ3) is 2.95. The van der Waals surface area contributed by atoms with Gasteiger partial charge in [0, 0.05) is 24.4 Å². The Labute approximate surface area is 127 Å². The number of nitro groups is 1. The highest BCUT2D eigenvalue weighted by Crippen LogP contribution is 2.23. The van der Waals surface area contributed by atoms with Gasteiger partial charge in [-0.05, 0) is 18.2 Å². The zero-order valence-electron chi connectivity index (χ0n) is 11.7. The second-order valence-corrected chi connectivity index (χ2v) is 4.76. The standard InChI is InChI=1S/C16H14N4O2/c21-20(22)16-9-5-4-8-15(16)17-10-13-11-18-19(12-13)14-6-2-1-3-7-14/h1-9,11-12,17H,10H2. The van der Waals surface area contributed by atoms with Crippen LogP contribution in [0.25, 0.3) is 5.69 Å². The summed E-state index contributed by atoms with van der Waals surface area (Å²) in [5.41, 5.74) is 2.49. The molecule has 0 fully saturated rings. The average Bonchev–Trinajstić information content (AvgIpc) is 3.03. The van der Waals surface area contributed by atoms with Crippen LogP contribution in [0.2, 0.25) is 0 Å². The zero-order valence-corrected chi connectivity index (χ0v) is 11.7. The summed E-state index contributed by atoms with van der Waals surface area (Å²) in [6.07, 6.45) is 3.64. The molecule has 0 amide bonds. The van der Waals surface area contributed by atoms with Gasteiger partial charge >= 0.3 is 0 Å². The minimum Gasteiger partial charge on any atom is -0.375 e. The number of nitrogens with zero attached hydrogens (tertiary/aromatic N) is 3. The van der Waals surface area contributed by atoms with Crippen molar-refractivity contribution in [3.05, 3.63) is 82.7 Å². The summed E-state index contributed by atoms with van der Waals surface area (Å²) in [6, 6.07) is 16.4. The number of nitro benzene ring substituents is 1. The predicted octanol–water partition coefficient (Wildman–Crippen LogP) is 3.39. The molecule has 0 aliphatic carbocycles. The van der Waals surface area contributed by atoms with E-state index >= 15 is 0 Å². The summed E-state index contributed by atoms with van der Waals surface area (Å²) in [5.74, 6) is 0. The van der Waals surface area contributed by atoms with Gasteiger partial charge in [0.1, 0.15) is 5.69 Å². The Bertz CT molecular complexity index is 784. The summed E-state index contributed by atoms with van der Waals surface area (Å²) in [4.78, 5) is 10.6. The molecule has 0 aliphatic heterocycles. The average molecular weight is 294 g/mol. The van der Waals surface area contributed by atoms with E-state index in [0.29, 0.717) is 12.2 Å². The van der Waals surface area contributed by atoms with E-state index in [9.17, 15) is 10.1 Å². The lowest BCUT2D eigenvalue weighted by atomic mass is 10.2. The summed E-state index contributed by atoms with van der Waals surface area (Å²) < 4.78 is 1.77. The van der Waals surface area contributed by atoms with Gasteiger partial charge in [0.05, 0.1) is 16.8 Å². The third-order valence-electron chi connectivity index (χ3n) is 3.24. The normalized spacial score (nSPS) is 10.4. The largest absolute Gasteiger partial charge is 0.375 e. The Kier molecular flexibility index (Phi) is 3.82. The maximum absolute atomic E-state index is 11.0. The number of anilines is 1. The molecule has 0 spiro atoms. The van der Waals surface area contributed by atoms with E-state index in [-0.39, 0.29) is 5.69 Å². The summed E-state index contributed by atoms with van der Waals surface area (Å²) >= 11 is 0. The maximum atomic E-state index is 11.0. The van der Waals surface area contributed by atoms with E-state index in [4.69, 9.17) is 0 Å². The molecule has 1 aromatic heterocycles. The van der Waals surface area contributed by atoms with Crippen molar-refractivity contribution in [2.75, 3.05) is 5.32 Å². The van der Waals surface area contributed by atoms with Crippen LogP contribution in [0.3, 0.4) is 0 Å². The van der Waals surface area contributed by atoms with Gasteiger partial charge in [0.25, 0.3) is 5.69 Å². The van der Waals surface area contributed by atoms with Crippen molar-refractivity contribution < 1.29 is 4.92 Å². The van der Waals surface area contributed by atoms with E-state index < -0.39 is 4.92 Å². The van der Waals surface area contributed by atoms with Crippen molar-refractivity contribution in [1.29, 1.82) is 0 Å². The van der Waals surface area contributed by atoms with Crippen molar-refractivity contribution in [3.8, 4) is 5.69 Å². The van der Waals surface area contributed by atoms with Gasteiger partial charge in [0.2, 0.25) is 0 Å². The first-order chi connectivity index (χ1) is 10.7. The van der Waals surface area contributed by atoms with Crippen molar-refractivity contribution in [1.82, 2.24) is 9.78 Å². The van der Waals surface area contributed by atoms with Crippen LogP contribution in [0.15, 0.2) is 67.0 Å². The number of hydrogen-bond donors (Lipinski definition) is 1. The van der Waals surface area contributed by atoms with Gasteiger partial charge in [-0.2, -0.15) is 5.10 Å². The molecule has 1 N–H and O–H groups in total. The minimum absolute atomic E-state index is 0.0675. The zero-order chi connectivity index (χ0) is 15.4. The molecule has 1 heterocycles. The highest BCUT2D eigenvalue weighted by Gasteiger charge is 2.11. The van der Waals surface area contributed by atoms with Crippen LogP contribution in [-0.4, -0.2) is 14.7 Å². The molecule has 3 rings (SSSR count). The third-order valence-corrected chi connectivity index (χ3v) is 3.24. The molecule has 22 heavy (non-hydrogen) atoms. The first kappa shape index (κ1) is 13.8.